The van der Waals surface area contributed by atoms with Crippen molar-refractivity contribution in [2.24, 2.45) is 0 Å². The van der Waals surface area contributed by atoms with Gasteiger partial charge in [0.15, 0.2) is 0 Å². The minimum absolute atomic E-state index is 0.120. The van der Waals surface area contributed by atoms with Crippen LogP contribution >= 0.6 is 0 Å². The van der Waals surface area contributed by atoms with E-state index in [1.165, 1.54) is 7.05 Å². The number of fused-ring (bicyclic) bond motifs is 1. The van der Waals surface area contributed by atoms with Crippen LogP contribution in [0.4, 0.5) is 4.79 Å². The first kappa shape index (κ1) is 14.7. The van der Waals surface area contributed by atoms with E-state index in [2.05, 4.69) is 11.2 Å². The number of hydrogen-bond donors (Lipinski definition) is 1. The fourth-order valence-corrected chi connectivity index (χ4v) is 2.44. The van der Waals surface area contributed by atoms with Gasteiger partial charge in [-0.25, -0.2) is 4.79 Å². The Kier molecular flexibility index (Phi) is 3.73. The Morgan fingerprint density at radius 2 is 2.04 bits per heavy atom. The molecule has 0 spiro atoms. The quantitative estimate of drug-likeness (QED) is 0.538. The van der Waals surface area contributed by atoms with Gasteiger partial charge in [-0.2, -0.15) is 0 Å². The van der Waals surface area contributed by atoms with Crippen molar-refractivity contribution in [3.05, 3.63) is 47.7 Å². The van der Waals surface area contributed by atoms with Crippen molar-refractivity contribution in [3.8, 4) is 18.1 Å². The molecule has 1 N–H and O–H groups in total. The summed E-state index contributed by atoms with van der Waals surface area (Å²) < 4.78 is 5.58. The van der Waals surface area contributed by atoms with Crippen LogP contribution in [-0.4, -0.2) is 30.5 Å². The van der Waals surface area contributed by atoms with Crippen LogP contribution in [0.25, 0.3) is 16.8 Å². The van der Waals surface area contributed by atoms with Gasteiger partial charge in [0.25, 0.3) is 5.91 Å². The fourth-order valence-electron chi connectivity index (χ4n) is 2.44. The highest BCUT2D eigenvalue weighted by Gasteiger charge is 2.30. The molecule has 0 saturated carbocycles. The van der Waals surface area contributed by atoms with E-state index in [1.807, 2.05) is 30.3 Å². The minimum atomic E-state index is -0.451. The number of terminal acetylenes is 1. The van der Waals surface area contributed by atoms with Crippen LogP contribution < -0.4 is 10.1 Å². The molecule has 0 unspecified atom stereocenters. The highest BCUT2D eigenvalue weighted by Crippen LogP contribution is 2.30. The first-order valence-corrected chi connectivity index (χ1v) is 7.00. The Labute approximate surface area is 133 Å². The largest absolute Gasteiger partial charge is 0.480 e. The van der Waals surface area contributed by atoms with E-state index >= 15 is 0 Å². The molecule has 0 atom stereocenters. The van der Waals surface area contributed by atoms with Crippen LogP contribution in [0.3, 0.4) is 0 Å². The van der Waals surface area contributed by atoms with Crippen LogP contribution in [-0.2, 0) is 4.79 Å². The Bertz CT molecular complexity index is 877. The molecule has 23 heavy (non-hydrogen) atoms. The van der Waals surface area contributed by atoms with Gasteiger partial charge in [0.1, 0.15) is 18.1 Å². The fraction of sp³-hybridized carbons (Fsp3) is 0.111. The third kappa shape index (κ3) is 2.62. The van der Waals surface area contributed by atoms with Gasteiger partial charge in [-0.05, 0) is 22.9 Å². The van der Waals surface area contributed by atoms with E-state index in [4.69, 9.17) is 11.2 Å². The molecule has 5 heteroatoms. The molecule has 1 aliphatic heterocycles. The van der Waals surface area contributed by atoms with Gasteiger partial charge in [0.05, 0.1) is 0 Å². The summed E-state index contributed by atoms with van der Waals surface area (Å²) in [5.41, 5.74) is 0.914. The number of ether oxygens (including phenoxy) is 1. The molecule has 1 fully saturated rings. The maximum Gasteiger partial charge on any atom is 0.328 e. The van der Waals surface area contributed by atoms with E-state index < -0.39 is 6.03 Å². The van der Waals surface area contributed by atoms with Gasteiger partial charge in [-0.3, -0.25) is 9.69 Å². The van der Waals surface area contributed by atoms with Crippen LogP contribution in [0, 0.1) is 12.3 Å². The van der Waals surface area contributed by atoms with Crippen molar-refractivity contribution in [1.82, 2.24) is 10.2 Å². The highest BCUT2D eigenvalue weighted by atomic mass is 16.5. The normalized spacial score (nSPS) is 15.8. The summed E-state index contributed by atoms with van der Waals surface area (Å²) in [5, 5.41) is 4.46. The zero-order valence-electron chi connectivity index (χ0n) is 12.5. The summed E-state index contributed by atoms with van der Waals surface area (Å²) in [6, 6.07) is 11.0. The molecular weight excluding hydrogens is 292 g/mol. The number of imide groups is 1. The molecule has 1 aliphatic rings. The lowest BCUT2D eigenvalue weighted by molar-refractivity contribution is -0.121. The van der Waals surface area contributed by atoms with Gasteiger partial charge < -0.3 is 10.1 Å². The van der Waals surface area contributed by atoms with E-state index in [0.29, 0.717) is 11.3 Å². The van der Waals surface area contributed by atoms with Gasteiger partial charge in [0, 0.05) is 12.6 Å². The zero-order chi connectivity index (χ0) is 16.4. The molecule has 3 amide bonds. The third-order valence-corrected chi connectivity index (χ3v) is 3.61. The number of carbonyl (C=O) groups is 2. The predicted molar refractivity (Wildman–Crippen MR) is 87.6 cm³/mol. The highest BCUT2D eigenvalue weighted by molar-refractivity contribution is 6.14. The second kappa shape index (κ2) is 5.85. The maximum absolute atomic E-state index is 12.1. The van der Waals surface area contributed by atoms with Crippen LogP contribution in [0.5, 0.6) is 5.75 Å². The number of nitrogens with zero attached hydrogens (tertiary/aromatic N) is 1. The standard InChI is InChI=1S/C18H14N2O3/c1-3-10-23-16-9-8-12-6-4-5-7-13(12)14(16)11-15-17(21)20(2)18(22)19-15/h1,4-9,11H,10H2,2H3,(H,19,22)/b15-11+. The van der Waals surface area contributed by atoms with Crippen molar-refractivity contribution in [1.29, 1.82) is 0 Å². The summed E-state index contributed by atoms with van der Waals surface area (Å²) in [6.45, 7) is 0.120. The van der Waals surface area contributed by atoms with Gasteiger partial charge in [0.2, 0.25) is 0 Å². The molecule has 1 heterocycles. The Morgan fingerprint density at radius 1 is 1.26 bits per heavy atom. The number of urea groups is 1. The second-order valence-electron chi connectivity index (χ2n) is 5.04. The number of hydrogen-bond acceptors (Lipinski definition) is 3. The monoisotopic (exact) mass is 306 g/mol. The Hall–Kier alpha value is -3.26. The molecule has 2 aromatic rings. The Balaban J connectivity index is 2.16. The lowest BCUT2D eigenvalue weighted by atomic mass is 10.0. The first-order chi connectivity index (χ1) is 11.1. The van der Waals surface area contributed by atoms with Crippen molar-refractivity contribution >= 4 is 28.8 Å². The van der Waals surface area contributed by atoms with E-state index in [9.17, 15) is 9.59 Å². The number of nitrogens with one attached hydrogen (secondary N) is 1. The third-order valence-electron chi connectivity index (χ3n) is 3.61. The summed E-state index contributed by atoms with van der Waals surface area (Å²) in [4.78, 5) is 24.7. The average molecular weight is 306 g/mol. The van der Waals surface area contributed by atoms with Gasteiger partial charge >= 0.3 is 6.03 Å². The van der Waals surface area contributed by atoms with E-state index in [0.717, 1.165) is 15.7 Å². The summed E-state index contributed by atoms with van der Waals surface area (Å²) >= 11 is 0. The van der Waals surface area contributed by atoms with Crippen LogP contribution in [0.1, 0.15) is 5.56 Å². The molecule has 2 aromatic carbocycles. The number of amides is 3. The van der Waals surface area contributed by atoms with Crippen molar-refractivity contribution < 1.29 is 14.3 Å². The molecular formula is C18H14N2O3. The van der Waals surface area contributed by atoms with Crippen LogP contribution in [0.2, 0.25) is 0 Å². The average Bonchev–Trinajstić information content (AvgIpc) is 2.81. The molecule has 3 rings (SSSR count). The number of rotatable bonds is 3. The first-order valence-electron chi connectivity index (χ1n) is 7.00. The van der Waals surface area contributed by atoms with Crippen molar-refractivity contribution in [2.75, 3.05) is 13.7 Å². The molecule has 0 radical (unpaired) electrons. The number of likely N-dealkylation sites (N-methyl/N-ethyl adjacent to an activating group) is 1. The summed E-state index contributed by atoms with van der Waals surface area (Å²) in [6.07, 6.45) is 6.88. The van der Waals surface area contributed by atoms with E-state index in [1.54, 1.807) is 12.1 Å². The number of benzene rings is 2. The minimum Gasteiger partial charge on any atom is -0.480 e. The zero-order valence-corrected chi connectivity index (χ0v) is 12.5. The lowest BCUT2D eigenvalue weighted by Crippen LogP contribution is -2.25. The predicted octanol–water partition coefficient (Wildman–Crippen LogP) is 2.37. The van der Waals surface area contributed by atoms with Crippen molar-refractivity contribution in [2.45, 2.75) is 0 Å². The van der Waals surface area contributed by atoms with Crippen LogP contribution in [0.15, 0.2) is 42.1 Å². The number of carbonyl (C=O) groups excluding carboxylic acids is 2. The van der Waals surface area contributed by atoms with Crippen molar-refractivity contribution in [3.63, 3.8) is 0 Å². The topological polar surface area (TPSA) is 58.6 Å². The SMILES string of the molecule is C#CCOc1ccc2ccccc2c1/C=C1/NC(=O)N(C)C1=O. The van der Waals surface area contributed by atoms with Gasteiger partial charge in [-0.1, -0.05) is 36.3 Å². The Morgan fingerprint density at radius 3 is 2.74 bits per heavy atom. The summed E-state index contributed by atoms with van der Waals surface area (Å²) in [5.74, 6) is 2.60. The van der Waals surface area contributed by atoms with Gasteiger partial charge in [-0.15, -0.1) is 6.42 Å². The molecule has 0 aromatic heterocycles. The molecule has 0 aliphatic carbocycles. The second-order valence-corrected chi connectivity index (χ2v) is 5.04. The smallest absolute Gasteiger partial charge is 0.328 e. The molecule has 114 valence electrons. The van der Waals surface area contributed by atoms with E-state index in [-0.39, 0.29) is 18.2 Å². The lowest BCUT2D eigenvalue weighted by Gasteiger charge is -2.11. The maximum atomic E-state index is 12.1. The molecule has 1 saturated heterocycles. The molecule has 0 bridgehead atoms. The molecule has 5 nitrogen and oxygen atoms in total. The summed E-state index contributed by atoms with van der Waals surface area (Å²) in [7, 11) is 1.43.